The van der Waals surface area contributed by atoms with Gasteiger partial charge in [0.15, 0.2) is 0 Å². The van der Waals surface area contributed by atoms with E-state index in [1.54, 1.807) is 10.6 Å². The molecule has 0 aliphatic heterocycles. The van der Waals surface area contributed by atoms with Gasteiger partial charge in [-0.2, -0.15) is 5.10 Å². The van der Waals surface area contributed by atoms with E-state index >= 15 is 0 Å². The normalized spacial score (nSPS) is 13.2. The van der Waals surface area contributed by atoms with Crippen molar-refractivity contribution in [1.82, 2.24) is 20.1 Å². The van der Waals surface area contributed by atoms with Crippen LogP contribution in [0.25, 0.3) is 21.8 Å². The molecule has 0 aliphatic rings. The van der Waals surface area contributed by atoms with E-state index in [0.29, 0.717) is 41.5 Å². The van der Waals surface area contributed by atoms with E-state index in [1.807, 2.05) is 32.9 Å². The van der Waals surface area contributed by atoms with Crippen molar-refractivity contribution in [2.75, 3.05) is 6.54 Å². The standard InChI is InChI=1S/C18H23ClN4O2/c1-10(2)20-9-13(24)6-7-23-15-5-4-12(19)8-14(15)17-16(18(23)25)11(3)21-22-17/h4-5,8,10,13,20,24H,6-7,9H2,1-3H3,(H,21,22). The smallest absolute Gasteiger partial charge is 0.262 e. The average molecular weight is 363 g/mol. The Labute approximate surface area is 150 Å². The first kappa shape index (κ1) is 17.9. The van der Waals surface area contributed by atoms with E-state index in [9.17, 15) is 9.90 Å². The third-order valence-electron chi connectivity index (χ3n) is 4.36. The topological polar surface area (TPSA) is 82.9 Å². The number of aliphatic hydroxyl groups is 1. The van der Waals surface area contributed by atoms with Gasteiger partial charge in [0.25, 0.3) is 5.56 Å². The number of fused-ring (bicyclic) bond motifs is 3. The van der Waals surface area contributed by atoms with E-state index in [2.05, 4.69) is 15.5 Å². The van der Waals surface area contributed by atoms with Crippen LogP contribution >= 0.6 is 11.6 Å². The molecule has 3 N–H and O–H groups in total. The van der Waals surface area contributed by atoms with E-state index < -0.39 is 6.10 Å². The molecule has 1 unspecified atom stereocenters. The van der Waals surface area contributed by atoms with Gasteiger partial charge in [-0.15, -0.1) is 0 Å². The number of aryl methyl sites for hydroxylation is 2. The molecule has 134 valence electrons. The summed E-state index contributed by atoms with van der Waals surface area (Å²) in [4.78, 5) is 13.0. The van der Waals surface area contributed by atoms with Crippen LogP contribution in [0.1, 0.15) is 26.0 Å². The highest BCUT2D eigenvalue weighted by Gasteiger charge is 2.16. The molecule has 0 spiro atoms. The lowest BCUT2D eigenvalue weighted by atomic mass is 10.1. The zero-order valence-corrected chi connectivity index (χ0v) is 15.4. The van der Waals surface area contributed by atoms with Gasteiger partial charge in [0.2, 0.25) is 0 Å². The van der Waals surface area contributed by atoms with Gasteiger partial charge in [-0.3, -0.25) is 9.89 Å². The third kappa shape index (κ3) is 3.56. The Morgan fingerprint density at radius 1 is 1.40 bits per heavy atom. The molecule has 0 radical (unpaired) electrons. The number of aliphatic hydroxyl groups excluding tert-OH is 1. The summed E-state index contributed by atoms with van der Waals surface area (Å²) in [5.74, 6) is 0. The summed E-state index contributed by atoms with van der Waals surface area (Å²) in [6, 6.07) is 5.74. The lowest BCUT2D eigenvalue weighted by Gasteiger charge is -2.16. The van der Waals surface area contributed by atoms with Gasteiger partial charge in [-0.05, 0) is 31.5 Å². The van der Waals surface area contributed by atoms with Gasteiger partial charge >= 0.3 is 0 Å². The highest BCUT2D eigenvalue weighted by Crippen LogP contribution is 2.25. The molecule has 25 heavy (non-hydrogen) atoms. The average Bonchev–Trinajstić information content (AvgIpc) is 2.95. The minimum absolute atomic E-state index is 0.0971. The van der Waals surface area contributed by atoms with Gasteiger partial charge in [0.05, 0.1) is 17.0 Å². The number of aromatic nitrogens is 3. The number of rotatable bonds is 6. The fraction of sp³-hybridized carbons (Fsp3) is 0.444. The molecule has 2 aromatic heterocycles. The summed E-state index contributed by atoms with van der Waals surface area (Å²) in [5.41, 5.74) is 2.05. The molecule has 1 aromatic carbocycles. The summed E-state index contributed by atoms with van der Waals surface area (Å²) >= 11 is 6.14. The predicted octanol–water partition coefficient (Wildman–Crippen LogP) is 2.59. The lowest BCUT2D eigenvalue weighted by Crippen LogP contribution is -2.33. The molecule has 0 amide bonds. The summed E-state index contributed by atoms with van der Waals surface area (Å²) in [6.07, 6.45) is -0.0301. The van der Waals surface area contributed by atoms with E-state index in [1.165, 1.54) is 0 Å². The lowest BCUT2D eigenvalue weighted by molar-refractivity contribution is 0.153. The van der Waals surface area contributed by atoms with Crippen LogP contribution in [0.2, 0.25) is 5.02 Å². The maximum absolute atomic E-state index is 13.0. The van der Waals surface area contributed by atoms with Crippen LogP contribution in [0.15, 0.2) is 23.0 Å². The number of H-pyrrole nitrogens is 1. The quantitative estimate of drug-likeness (QED) is 0.629. The molecule has 3 rings (SSSR count). The number of nitrogens with zero attached hydrogens (tertiary/aromatic N) is 2. The molecule has 0 bridgehead atoms. The molecule has 0 saturated heterocycles. The Balaban J connectivity index is 2.02. The van der Waals surface area contributed by atoms with Gasteiger partial charge in [0, 0.05) is 35.2 Å². The van der Waals surface area contributed by atoms with Crippen LogP contribution in [0.3, 0.4) is 0 Å². The molecule has 6 nitrogen and oxygen atoms in total. The molecular formula is C18H23ClN4O2. The van der Waals surface area contributed by atoms with Crippen molar-refractivity contribution >= 4 is 33.4 Å². The summed E-state index contributed by atoms with van der Waals surface area (Å²) in [6.45, 7) is 6.83. The SMILES string of the molecule is Cc1[nH]nc2c1c(=O)n(CCC(O)CNC(C)C)c1ccc(Cl)cc21. The maximum atomic E-state index is 13.0. The largest absolute Gasteiger partial charge is 0.392 e. The van der Waals surface area contributed by atoms with Gasteiger partial charge in [-0.25, -0.2) is 0 Å². The molecule has 2 heterocycles. The van der Waals surface area contributed by atoms with Crippen LogP contribution < -0.4 is 10.9 Å². The number of pyridine rings is 1. The predicted molar refractivity (Wildman–Crippen MR) is 101 cm³/mol. The highest BCUT2D eigenvalue weighted by atomic mass is 35.5. The van der Waals surface area contributed by atoms with E-state index in [-0.39, 0.29) is 5.56 Å². The van der Waals surface area contributed by atoms with Crippen LogP contribution in [-0.4, -0.2) is 38.6 Å². The molecule has 3 aromatic rings. The van der Waals surface area contributed by atoms with Crippen molar-refractivity contribution in [1.29, 1.82) is 0 Å². The van der Waals surface area contributed by atoms with Crippen LogP contribution in [0.5, 0.6) is 0 Å². The van der Waals surface area contributed by atoms with Crippen molar-refractivity contribution in [3.05, 3.63) is 39.3 Å². The van der Waals surface area contributed by atoms with Crippen LogP contribution in [-0.2, 0) is 6.54 Å². The Morgan fingerprint density at radius 2 is 2.16 bits per heavy atom. The Bertz CT molecular complexity index is 961. The van der Waals surface area contributed by atoms with Crippen molar-refractivity contribution in [2.45, 2.75) is 45.9 Å². The van der Waals surface area contributed by atoms with E-state index in [4.69, 9.17) is 11.6 Å². The van der Waals surface area contributed by atoms with Gasteiger partial charge < -0.3 is 15.0 Å². The van der Waals surface area contributed by atoms with Gasteiger partial charge in [-0.1, -0.05) is 25.4 Å². The minimum atomic E-state index is -0.516. The third-order valence-corrected chi connectivity index (χ3v) is 4.59. The number of halogens is 1. The fourth-order valence-corrected chi connectivity index (χ4v) is 3.21. The first-order chi connectivity index (χ1) is 11.9. The molecule has 0 aliphatic carbocycles. The molecule has 1 atom stereocenters. The monoisotopic (exact) mass is 362 g/mol. The van der Waals surface area contributed by atoms with Crippen LogP contribution in [0.4, 0.5) is 0 Å². The molecule has 0 saturated carbocycles. The molecule has 7 heteroatoms. The first-order valence-electron chi connectivity index (χ1n) is 8.46. The zero-order valence-electron chi connectivity index (χ0n) is 14.6. The number of nitrogens with one attached hydrogen (secondary N) is 2. The van der Waals surface area contributed by atoms with E-state index in [0.717, 1.165) is 16.6 Å². The first-order valence-corrected chi connectivity index (χ1v) is 8.84. The number of benzene rings is 1. The number of hydrogen-bond acceptors (Lipinski definition) is 4. The van der Waals surface area contributed by atoms with Crippen molar-refractivity contribution in [3.8, 4) is 0 Å². The Kier molecular flexibility index (Phi) is 5.13. The summed E-state index contributed by atoms with van der Waals surface area (Å²) in [5, 5.41) is 22.6. The second-order valence-corrected chi connectivity index (χ2v) is 7.13. The Morgan fingerprint density at radius 3 is 2.88 bits per heavy atom. The van der Waals surface area contributed by atoms with Crippen molar-refractivity contribution in [2.24, 2.45) is 0 Å². The maximum Gasteiger partial charge on any atom is 0.262 e. The highest BCUT2D eigenvalue weighted by molar-refractivity contribution is 6.31. The second kappa shape index (κ2) is 7.15. The summed E-state index contributed by atoms with van der Waals surface area (Å²) in [7, 11) is 0. The number of hydrogen-bond donors (Lipinski definition) is 3. The minimum Gasteiger partial charge on any atom is -0.392 e. The Hall–Kier alpha value is -1.89. The second-order valence-electron chi connectivity index (χ2n) is 6.70. The molecular weight excluding hydrogens is 340 g/mol. The molecule has 0 fully saturated rings. The number of aromatic amines is 1. The summed E-state index contributed by atoms with van der Waals surface area (Å²) < 4.78 is 1.70. The van der Waals surface area contributed by atoms with Gasteiger partial charge in [0.1, 0.15) is 5.52 Å². The van der Waals surface area contributed by atoms with Crippen molar-refractivity contribution in [3.63, 3.8) is 0 Å². The van der Waals surface area contributed by atoms with Crippen LogP contribution in [0, 0.1) is 6.92 Å². The van der Waals surface area contributed by atoms with Crippen molar-refractivity contribution < 1.29 is 5.11 Å². The zero-order chi connectivity index (χ0) is 18.1. The fourth-order valence-electron chi connectivity index (χ4n) is 3.04.